The summed E-state index contributed by atoms with van der Waals surface area (Å²) in [7, 11) is 0. The molecule has 5 nitrogen and oxygen atoms in total. The number of hydrogen-bond acceptors (Lipinski definition) is 2. The smallest absolute Gasteiger partial charge is 0.163 e. The first kappa shape index (κ1) is 24.6. The fraction of sp³-hybridized carbons (Fsp3) is 0.0750. The van der Waals surface area contributed by atoms with Gasteiger partial charge in [0.15, 0.2) is 5.82 Å². The van der Waals surface area contributed by atoms with Gasteiger partial charge in [0.25, 0.3) is 0 Å². The minimum Gasteiger partial charge on any atom is -0.456 e. The Morgan fingerprint density at radius 1 is 0.556 bits per heavy atom. The molecule has 0 radical (unpaired) electrons. The maximum absolute atomic E-state index is 6.09. The minimum absolute atomic E-state index is 0.896. The van der Waals surface area contributed by atoms with Crippen molar-refractivity contribution >= 4 is 43.7 Å². The molecule has 0 unspecified atom stereocenters. The van der Waals surface area contributed by atoms with Crippen molar-refractivity contribution in [2.75, 3.05) is 0 Å². The van der Waals surface area contributed by atoms with Crippen LogP contribution in [0.2, 0.25) is 0 Å². The second kappa shape index (κ2) is 9.34. The molecule has 0 saturated heterocycles. The molecular formula is C40H28N4O. The second-order valence-electron chi connectivity index (χ2n) is 12.0. The second-order valence-corrected chi connectivity index (χ2v) is 12.0. The van der Waals surface area contributed by atoms with Crippen LogP contribution in [0.4, 0.5) is 0 Å². The van der Waals surface area contributed by atoms with Crippen molar-refractivity contribution in [1.82, 2.24) is 18.9 Å². The van der Waals surface area contributed by atoms with E-state index in [4.69, 9.17) is 9.52 Å². The van der Waals surface area contributed by atoms with E-state index in [9.17, 15) is 0 Å². The van der Waals surface area contributed by atoms with Crippen LogP contribution in [-0.2, 0) is 12.8 Å². The summed E-state index contributed by atoms with van der Waals surface area (Å²) in [6.07, 6.45) is 5.33. The van der Waals surface area contributed by atoms with E-state index in [2.05, 4.69) is 131 Å². The molecule has 0 saturated carbocycles. The molecule has 45 heavy (non-hydrogen) atoms. The number of furan rings is 1. The summed E-state index contributed by atoms with van der Waals surface area (Å²) in [5, 5.41) is 10.00. The normalized spacial score (nSPS) is 13.1. The van der Waals surface area contributed by atoms with Crippen LogP contribution < -0.4 is 0 Å². The molecule has 5 aromatic carbocycles. The van der Waals surface area contributed by atoms with E-state index in [1.807, 2.05) is 16.8 Å². The number of rotatable bonds is 3. The lowest BCUT2D eigenvalue weighted by Crippen LogP contribution is -2.04. The Morgan fingerprint density at radius 2 is 1.36 bits per heavy atom. The van der Waals surface area contributed by atoms with Crippen molar-refractivity contribution in [3.05, 3.63) is 145 Å². The van der Waals surface area contributed by atoms with Gasteiger partial charge in [-0.3, -0.25) is 4.57 Å². The number of aryl methyl sites for hydroxylation is 2. The van der Waals surface area contributed by atoms with Crippen LogP contribution >= 0.6 is 0 Å². The van der Waals surface area contributed by atoms with Crippen molar-refractivity contribution in [1.29, 1.82) is 0 Å². The van der Waals surface area contributed by atoms with E-state index >= 15 is 0 Å². The lowest BCUT2D eigenvalue weighted by atomic mass is 10.1. The molecule has 4 aromatic heterocycles. The number of hydrogen-bond donors (Lipinski definition) is 0. The topological polar surface area (TPSA) is 40.8 Å². The Bertz CT molecular complexity index is 2580. The van der Waals surface area contributed by atoms with Gasteiger partial charge in [-0.05, 0) is 91.6 Å². The summed E-state index contributed by atoms with van der Waals surface area (Å²) in [6.45, 7) is 0. The number of benzene rings is 5. The zero-order valence-corrected chi connectivity index (χ0v) is 24.5. The zero-order valence-electron chi connectivity index (χ0n) is 24.5. The van der Waals surface area contributed by atoms with E-state index in [0.717, 1.165) is 52.7 Å². The molecule has 10 rings (SSSR count). The third kappa shape index (κ3) is 3.64. The van der Waals surface area contributed by atoms with Gasteiger partial charge in [0.1, 0.15) is 11.2 Å². The van der Waals surface area contributed by atoms with Crippen LogP contribution in [0.25, 0.3) is 72.2 Å². The Morgan fingerprint density at radius 3 is 2.29 bits per heavy atom. The van der Waals surface area contributed by atoms with Gasteiger partial charge in [-0.25, -0.2) is 4.68 Å². The highest BCUT2D eigenvalue weighted by Gasteiger charge is 2.23. The predicted octanol–water partition coefficient (Wildman–Crippen LogP) is 9.82. The quantitative estimate of drug-likeness (QED) is 0.209. The van der Waals surface area contributed by atoms with Crippen molar-refractivity contribution in [3.8, 4) is 28.5 Å². The summed E-state index contributed by atoms with van der Waals surface area (Å²) in [5.41, 5.74) is 11.4. The van der Waals surface area contributed by atoms with E-state index < -0.39 is 0 Å². The molecule has 0 aliphatic carbocycles. The summed E-state index contributed by atoms with van der Waals surface area (Å²) in [6, 6.07) is 45.4. The number of aromatic nitrogens is 4. The molecular weight excluding hydrogens is 552 g/mol. The van der Waals surface area contributed by atoms with Crippen LogP contribution in [0.15, 0.2) is 138 Å². The molecule has 0 bridgehead atoms. The fourth-order valence-electron chi connectivity index (χ4n) is 7.35. The Labute approximate surface area is 259 Å². The highest BCUT2D eigenvalue weighted by atomic mass is 16.3. The Balaban J connectivity index is 1.13. The first-order valence-electron chi connectivity index (χ1n) is 15.6. The van der Waals surface area contributed by atoms with Crippen molar-refractivity contribution in [2.45, 2.75) is 19.3 Å². The number of fused-ring (bicyclic) bond motifs is 9. The van der Waals surface area contributed by atoms with E-state index in [-0.39, 0.29) is 0 Å². The van der Waals surface area contributed by atoms with E-state index in [1.165, 1.54) is 50.0 Å². The van der Waals surface area contributed by atoms with Crippen LogP contribution in [0.3, 0.4) is 0 Å². The monoisotopic (exact) mass is 580 g/mol. The lowest BCUT2D eigenvalue weighted by molar-refractivity contribution is 0.668. The maximum Gasteiger partial charge on any atom is 0.163 e. The summed E-state index contributed by atoms with van der Waals surface area (Å²) in [4.78, 5) is 0. The van der Waals surface area contributed by atoms with Gasteiger partial charge in [-0.15, -0.1) is 5.10 Å². The molecule has 214 valence electrons. The van der Waals surface area contributed by atoms with E-state index in [1.54, 1.807) is 0 Å². The largest absolute Gasteiger partial charge is 0.456 e. The van der Waals surface area contributed by atoms with Gasteiger partial charge in [-0.2, -0.15) is 0 Å². The number of para-hydroxylation sites is 3. The first-order chi connectivity index (χ1) is 22.3. The van der Waals surface area contributed by atoms with Gasteiger partial charge in [0, 0.05) is 44.7 Å². The molecule has 0 fully saturated rings. The average Bonchev–Trinajstić information content (AvgIpc) is 3.85. The van der Waals surface area contributed by atoms with Crippen molar-refractivity contribution in [3.63, 3.8) is 0 Å². The first-order valence-corrected chi connectivity index (χ1v) is 15.6. The summed E-state index contributed by atoms with van der Waals surface area (Å²) in [5.74, 6) is 1.02. The van der Waals surface area contributed by atoms with Crippen LogP contribution in [0.5, 0.6) is 0 Å². The van der Waals surface area contributed by atoms with Gasteiger partial charge in [-0.1, -0.05) is 60.7 Å². The predicted molar refractivity (Wildman–Crippen MR) is 182 cm³/mol. The third-order valence-electron chi connectivity index (χ3n) is 9.43. The fourth-order valence-corrected chi connectivity index (χ4v) is 7.35. The van der Waals surface area contributed by atoms with Gasteiger partial charge < -0.3 is 8.98 Å². The molecule has 0 amide bonds. The standard InChI is InChI=1S/C40H28N4O/c1-2-10-28(11-3-1)43-36-15-6-4-13-31(36)33-23-26(17-20-37(33)43)35-21-18-29-12-8-9-27-25-42(41-40(27)44(29)35)30-19-22-39-34(24-30)32-14-5-7-16-38(32)45-39/h1-7,10-11,13-25H,8-9,12H2. The van der Waals surface area contributed by atoms with Gasteiger partial charge >= 0.3 is 0 Å². The van der Waals surface area contributed by atoms with Crippen molar-refractivity contribution < 1.29 is 4.42 Å². The maximum atomic E-state index is 6.09. The van der Waals surface area contributed by atoms with Crippen LogP contribution in [-0.4, -0.2) is 18.9 Å². The molecule has 1 aliphatic rings. The molecule has 0 spiro atoms. The van der Waals surface area contributed by atoms with Crippen LogP contribution in [0.1, 0.15) is 17.7 Å². The molecule has 9 aromatic rings. The van der Waals surface area contributed by atoms with Crippen molar-refractivity contribution in [2.24, 2.45) is 0 Å². The average molecular weight is 581 g/mol. The summed E-state index contributed by atoms with van der Waals surface area (Å²) >= 11 is 0. The Hall–Kier alpha value is -5.81. The minimum atomic E-state index is 0.896. The molecule has 0 N–H and O–H groups in total. The molecule has 5 heterocycles. The zero-order chi connectivity index (χ0) is 29.5. The Kier molecular flexibility index (Phi) is 5.11. The number of nitrogens with zero attached hydrogens (tertiary/aromatic N) is 4. The molecule has 0 atom stereocenters. The van der Waals surface area contributed by atoms with Gasteiger partial charge in [0.05, 0.1) is 22.4 Å². The summed E-state index contributed by atoms with van der Waals surface area (Å²) < 4.78 is 12.9. The van der Waals surface area contributed by atoms with E-state index in [0.29, 0.717) is 0 Å². The lowest BCUT2D eigenvalue weighted by Gasteiger charge is -2.12. The van der Waals surface area contributed by atoms with Crippen LogP contribution in [0, 0.1) is 0 Å². The van der Waals surface area contributed by atoms with Gasteiger partial charge in [0.2, 0.25) is 0 Å². The highest BCUT2D eigenvalue weighted by molar-refractivity contribution is 6.10. The molecule has 1 aliphatic heterocycles. The highest BCUT2D eigenvalue weighted by Crippen LogP contribution is 2.38. The molecule has 5 heteroatoms. The SMILES string of the molecule is c1ccc(-n2c3ccccc3c3cc(-c4ccc5n4-c4nn(-c6ccc7oc8ccccc8c7c6)cc4CCC5)ccc32)cc1. The third-order valence-corrected chi connectivity index (χ3v) is 9.43.